The molecule has 170 valence electrons. The normalized spacial score (nSPS) is 14.5. The lowest BCUT2D eigenvalue weighted by molar-refractivity contribution is -0.134. The highest BCUT2D eigenvalue weighted by Crippen LogP contribution is 2.33. The fraction of sp³-hybridized carbons (Fsp3) is 0.481. The minimum atomic E-state index is -0.158. The van der Waals surface area contributed by atoms with Crippen molar-refractivity contribution in [1.29, 1.82) is 0 Å². The van der Waals surface area contributed by atoms with E-state index in [1.54, 1.807) is 0 Å². The molecule has 1 aromatic carbocycles. The number of pyridine rings is 1. The summed E-state index contributed by atoms with van der Waals surface area (Å²) < 4.78 is 7.78. The second kappa shape index (κ2) is 11.2. The maximum Gasteiger partial charge on any atom is 0.311 e. The highest BCUT2D eigenvalue weighted by Gasteiger charge is 2.20. The number of anilines is 1. The molecule has 0 saturated heterocycles. The molecule has 0 unspecified atom stereocenters. The Morgan fingerprint density at radius 2 is 1.91 bits per heavy atom. The Hall–Kier alpha value is -2.82. The number of fused-ring (bicyclic) bond motifs is 1. The fourth-order valence-corrected chi connectivity index (χ4v) is 4.54. The summed E-state index contributed by atoms with van der Waals surface area (Å²) in [6.45, 7) is 2.19. The van der Waals surface area contributed by atoms with Crippen molar-refractivity contribution < 1.29 is 9.53 Å². The summed E-state index contributed by atoms with van der Waals surface area (Å²) in [4.78, 5) is 17.2. The van der Waals surface area contributed by atoms with Gasteiger partial charge in [0.25, 0.3) is 0 Å². The predicted octanol–water partition coefficient (Wildman–Crippen LogP) is 7.01. The van der Waals surface area contributed by atoms with Crippen LogP contribution in [-0.2, 0) is 4.79 Å². The molecular weight excluding hydrogens is 398 g/mol. The van der Waals surface area contributed by atoms with Gasteiger partial charge in [0, 0.05) is 24.2 Å². The Labute approximate surface area is 191 Å². The first-order valence-electron chi connectivity index (χ1n) is 12.3. The molecule has 1 saturated carbocycles. The minimum Gasteiger partial charge on any atom is -0.427 e. The van der Waals surface area contributed by atoms with Crippen molar-refractivity contribution in [3.05, 3.63) is 48.7 Å². The van der Waals surface area contributed by atoms with Gasteiger partial charge in [-0.25, -0.2) is 4.98 Å². The van der Waals surface area contributed by atoms with Gasteiger partial charge in [-0.15, -0.1) is 0 Å². The number of benzene rings is 1. The Morgan fingerprint density at radius 1 is 1.06 bits per heavy atom. The van der Waals surface area contributed by atoms with Gasteiger partial charge < -0.3 is 10.1 Å². The predicted molar refractivity (Wildman–Crippen MR) is 130 cm³/mol. The van der Waals surface area contributed by atoms with Crippen molar-refractivity contribution in [2.45, 2.75) is 83.6 Å². The monoisotopic (exact) mass is 433 g/mol. The van der Waals surface area contributed by atoms with Gasteiger partial charge >= 0.3 is 5.97 Å². The summed E-state index contributed by atoms with van der Waals surface area (Å²) >= 11 is 0. The third-order valence-corrected chi connectivity index (χ3v) is 6.30. The second-order valence-electron chi connectivity index (χ2n) is 8.88. The van der Waals surface area contributed by atoms with Crippen molar-refractivity contribution in [2.75, 3.05) is 5.32 Å². The van der Waals surface area contributed by atoms with E-state index in [9.17, 15) is 4.79 Å². The molecule has 1 fully saturated rings. The summed E-state index contributed by atoms with van der Waals surface area (Å²) in [7, 11) is 0. The maximum absolute atomic E-state index is 12.3. The lowest BCUT2D eigenvalue weighted by Gasteiger charge is -2.24. The third kappa shape index (κ3) is 5.70. The molecule has 5 heteroatoms. The van der Waals surface area contributed by atoms with Gasteiger partial charge in [-0.1, -0.05) is 70.1 Å². The first-order chi connectivity index (χ1) is 15.7. The van der Waals surface area contributed by atoms with Crippen LogP contribution in [0.15, 0.2) is 48.7 Å². The second-order valence-corrected chi connectivity index (χ2v) is 8.88. The summed E-state index contributed by atoms with van der Waals surface area (Å²) in [5.74, 6) is 1.45. The van der Waals surface area contributed by atoms with Crippen molar-refractivity contribution in [3.63, 3.8) is 0 Å². The average molecular weight is 434 g/mol. The number of unbranched alkanes of at least 4 members (excludes halogenated alkanes) is 4. The number of carbonyl (C=O) groups excluding carboxylic acids is 1. The van der Waals surface area contributed by atoms with Crippen LogP contribution >= 0.6 is 0 Å². The zero-order valence-corrected chi connectivity index (χ0v) is 19.2. The third-order valence-electron chi connectivity index (χ3n) is 6.30. The van der Waals surface area contributed by atoms with Crippen LogP contribution in [0.5, 0.6) is 5.75 Å². The Bertz CT molecular complexity index is 1020. The van der Waals surface area contributed by atoms with E-state index in [0.717, 1.165) is 35.6 Å². The number of ether oxygens (including phenoxy) is 1. The van der Waals surface area contributed by atoms with Crippen LogP contribution in [0.25, 0.3) is 16.9 Å². The summed E-state index contributed by atoms with van der Waals surface area (Å²) in [6.07, 6.45) is 14.4. The Kier molecular flexibility index (Phi) is 7.81. The molecular formula is C27H35N3O2. The summed E-state index contributed by atoms with van der Waals surface area (Å²) in [5, 5.41) is 3.77. The van der Waals surface area contributed by atoms with Crippen molar-refractivity contribution >= 4 is 17.4 Å². The average Bonchev–Trinajstić information content (AvgIpc) is 3.18. The maximum atomic E-state index is 12.3. The number of imidazole rings is 1. The zero-order chi connectivity index (χ0) is 22.2. The first kappa shape index (κ1) is 22.4. The molecule has 32 heavy (non-hydrogen) atoms. The molecule has 0 radical (unpaired) electrons. The molecule has 0 bridgehead atoms. The van der Waals surface area contributed by atoms with Crippen LogP contribution in [0.4, 0.5) is 5.82 Å². The van der Waals surface area contributed by atoms with Gasteiger partial charge in [-0.3, -0.25) is 9.20 Å². The number of hydrogen-bond donors (Lipinski definition) is 1. The smallest absolute Gasteiger partial charge is 0.311 e. The van der Waals surface area contributed by atoms with Gasteiger partial charge in [0.15, 0.2) is 0 Å². The zero-order valence-electron chi connectivity index (χ0n) is 19.2. The van der Waals surface area contributed by atoms with Crippen LogP contribution < -0.4 is 10.1 Å². The molecule has 1 aliphatic carbocycles. The van der Waals surface area contributed by atoms with E-state index >= 15 is 0 Å². The van der Waals surface area contributed by atoms with Crippen LogP contribution in [0.1, 0.15) is 77.6 Å². The Balaban J connectivity index is 1.51. The molecule has 0 aliphatic heterocycles. The van der Waals surface area contributed by atoms with Crippen LogP contribution in [0.3, 0.4) is 0 Å². The molecule has 4 rings (SSSR count). The van der Waals surface area contributed by atoms with Crippen LogP contribution in [0, 0.1) is 0 Å². The summed E-state index contributed by atoms with van der Waals surface area (Å²) in [6, 6.07) is 14.3. The number of hydrogen-bond acceptors (Lipinski definition) is 4. The molecule has 0 spiro atoms. The highest BCUT2D eigenvalue weighted by atomic mass is 16.5. The van der Waals surface area contributed by atoms with Gasteiger partial charge in [-0.05, 0) is 43.5 Å². The minimum absolute atomic E-state index is 0.158. The van der Waals surface area contributed by atoms with E-state index < -0.39 is 0 Å². The molecule has 1 aliphatic rings. The standard InChI is InChI=1S/C27H35N3O2/c1-2-3-4-5-9-18-25(31)32-23-16-12-13-21(20-23)26-27(28-22-14-7-6-8-15-22)30-19-11-10-17-24(30)29-26/h10-13,16-17,19-20,22,28H,2-9,14-15,18H2,1H3. The number of nitrogens with zero attached hydrogens (tertiary/aromatic N) is 2. The topological polar surface area (TPSA) is 55.6 Å². The lowest BCUT2D eigenvalue weighted by atomic mass is 9.95. The number of nitrogens with one attached hydrogen (secondary N) is 1. The number of rotatable bonds is 10. The van der Waals surface area contributed by atoms with Gasteiger partial charge in [-0.2, -0.15) is 0 Å². The molecule has 0 amide bonds. The van der Waals surface area contributed by atoms with Crippen LogP contribution in [0.2, 0.25) is 0 Å². The van der Waals surface area contributed by atoms with E-state index in [4.69, 9.17) is 9.72 Å². The fourth-order valence-electron chi connectivity index (χ4n) is 4.54. The highest BCUT2D eigenvalue weighted by molar-refractivity contribution is 5.78. The molecule has 2 aromatic heterocycles. The van der Waals surface area contributed by atoms with Gasteiger partial charge in [0.2, 0.25) is 0 Å². The largest absolute Gasteiger partial charge is 0.427 e. The van der Waals surface area contributed by atoms with Crippen molar-refractivity contribution in [1.82, 2.24) is 9.38 Å². The molecule has 5 nitrogen and oxygen atoms in total. The van der Waals surface area contributed by atoms with E-state index in [2.05, 4.69) is 22.8 Å². The Morgan fingerprint density at radius 3 is 2.75 bits per heavy atom. The number of carbonyl (C=O) groups is 1. The summed E-state index contributed by atoms with van der Waals surface area (Å²) in [5.41, 5.74) is 2.77. The first-order valence-corrected chi connectivity index (χ1v) is 12.3. The van der Waals surface area contributed by atoms with Crippen molar-refractivity contribution in [3.8, 4) is 17.0 Å². The van der Waals surface area contributed by atoms with Gasteiger partial charge in [0.05, 0.1) is 0 Å². The molecule has 3 aromatic rings. The van der Waals surface area contributed by atoms with Gasteiger partial charge in [0.1, 0.15) is 22.9 Å². The van der Waals surface area contributed by atoms with E-state index in [1.807, 2.05) is 42.5 Å². The van der Waals surface area contributed by atoms with E-state index in [1.165, 1.54) is 51.4 Å². The lowest BCUT2D eigenvalue weighted by Crippen LogP contribution is -2.23. The van der Waals surface area contributed by atoms with Crippen molar-refractivity contribution in [2.24, 2.45) is 0 Å². The molecule has 2 heterocycles. The quantitative estimate of drug-likeness (QED) is 0.212. The van der Waals surface area contributed by atoms with E-state index in [0.29, 0.717) is 18.2 Å². The molecule has 0 atom stereocenters. The molecule has 1 N–H and O–H groups in total. The number of esters is 1. The number of aromatic nitrogens is 2. The van der Waals surface area contributed by atoms with E-state index in [-0.39, 0.29) is 5.97 Å². The van der Waals surface area contributed by atoms with Crippen LogP contribution in [-0.4, -0.2) is 21.4 Å². The SMILES string of the molecule is CCCCCCCC(=O)Oc1cccc(-c2nc3ccccn3c2NC2CCCCC2)c1.